The van der Waals surface area contributed by atoms with E-state index < -0.39 is 17.2 Å². The normalized spacial score (nSPS) is 21.6. The van der Waals surface area contributed by atoms with Crippen LogP contribution in [0.3, 0.4) is 0 Å². The van der Waals surface area contributed by atoms with Crippen molar-refractivity contribution in [1.82, 2.24) is 20.4 Å². The maximum atomic E-state index is 13.8. The first kappa shape index (κ1) is 32.3. The first-order valence-electron chi connectivity index (χ1n) is 16.0. The number of amides is 3. The molecular weight excluding hydrogens is 580 g/mol. The van der Waals surface area contributed by atoms with Gasteiger partial charge in [0.15, 0.2) is 0 Å². The van der Waals surface area contributed by atoms with Crippen molar-refractivity contribution in [3.05, 3.63) is 58.6 Å². The van der Waals surface area contributed by atoms with Crippen LogP contribution in [0.15, 0.2) is 42.5 Å². The Morgan fingerprint density at radius 2 is 1.77 bits per heavy atom. The fourth-order valence-electron chi connectivity index (χ4n) is 6.94. The molecule has 1 saturated carbocycles. The predicted molar refractivity (Wildman–Crippen MR) is 170 cm³/mol. The number of ether oxygens (including phenoxy) is 1. The molecule has 238 valence electrons. The quantitative estimate of drug-likeness (QED) is 0.342. The lowest BCUT2D eigenvalue weighted by molar-refractivity contribution is -0.163. The van der Waals surface area contributed by atoms with Crippen molar-refractivity contribution in [2.45, 2.75) is 94.9 Å². The van der Waals surface area contributed by atoms with Gasteiger partial charge < -0.3 is 25.4 Å². The fourth-order valence-corrected chi connectivity index (χ4v) is 7.16. The van der Waals surface area contributed by atoms with Crippen LogP contribution in [-0.2, 0) is 16.1 Å². The summed E-state index contributed by atoms with van der Waals surface area (Å²) >= 11 is 6.34. The maximum Gasteiger partial charge on any atom is 0.251 e. The average Bonchev–Trinajstić information content (AvgIpc) is 3.02. The third kappa shape index (κ3) is 7.05. The number of piperazine rings is 1. The Morgan fingerprint density at radius 1 is 1.07 bits per heavy atom. The zero-order chi connectivity index (χ0) is 31.3. The third-order valence-corrected chi connectivity index (χ3v) is 9.87. The SMILES string of the molecule is CCCCN1C(=O)[C@@H](CC2(O)CCCCC2)NC(=O)C12CCN(Cc1ccc(Oc3ccc(C(=O)NC)cc3Cl)cc1)CC2. The Labute approximate surface area is 265 Å². The Balaban J connectivity index is 1.20. The van der Waals surface area contributed by atoms with Gasteiger partial charge in [-0.2, -0.15) is 0 Å². The number of likely N-dealkylation sites (tertiary alicyclic amines) is 1. The van der Waals surface area contributed by atoms with Crippen molar-refractivity contribution in [2.24, 2.45) is 0 Å². The summed E-state index contributed by atoms with van der Waals surface area (Å²) in [5.41, 5.74) is -0.133. The molecule has 3 aliphatic rings. The van der Waals surface area contributed by atoms with Crippen LogP contribution in [0.5, 0.6) is 11.5 Å². The van der Waals surface area contributed by atoms with Crippen LogP contribution in [0.1, 0.15) is 87.1 Å². The Kier molecular flexibility index (Phi) is 10.2. The third-order valence-electron chi connectivity index (χ3n) is 9.57. The van der Waals surface area contributed by atoms with Gasteiger partial charge in [0.2, 0.25) is 11.8 Å². The summed E-state index contributed by atoms with van der Waals surface area (Å²) in [5, 5.41) is 17.1. The molecule has 1 aliphatic carbocycles. The summed E-state index contributed by atoms with van der Waals surface area (Å²) in [6, 6.07) is 12.1. The van der Waals surface area contributed by atoms with Crippen molar-refractivity contribution in [2.75, 3.05) is 26.7 Å². The summed E-state index contributed by atoms with van der Waals surface area (Å²) in [7, 11) is 1.57. The largest absolute Gasteiger partial charge is 0.456 e. The summed E-state index contributed by atoms with van der Waals surface area (Å²) in [5.74, 6) is 0.785. The van der Waals surface area contributed by atoms with Gasteiger partial charge in [0.05, 0.1) is 10.6 Å². The van der Waals surface area contributed by atoms with E-state index in [1.54, 1.807) is 25.2 Å². The lowest BCUT2D eigenvalue weighted by Crippen LogP contribution is -2.73. The van der Waals surface area contributed by atoms with Gasteiger partial charge in [-0.15, -0.1) is 0 Å². The highest BCUT2D eigenvalue weighted by atomic mass is 35.5. The van der Waals surface area contributed by atoms with Crippen LogP contribution in [0.25, 0.3) is 0 Å². The van der Waals surface area contributed by atoms with Crippen molar-refractivity contribution < 1.29 is 24.2 Å². The van der Waals surface area contributed by atoms with Crippen LogP contribution in [0, 0.1) is 0 Å². The highest BCUT2D eigenvalue weighted by molar-refractivity contribution is 6.32. The number of halogens is 1. The number of rotatable bonds is 10. The van der Waals surface area contributed by atoms with Gasteiger partial charge in [0.1, 0.15) is 23.1 Å². The topological polar surface area (TPSA) is 111 Å². The molecule has 2 aromatic carbocycles. The van der Waals surface area contributed by atoms with E-state index in [2.05, 4.69) is 22.5 Å². The molecule has 5 rings (SSSR count). The monoisotopic (exact) mass is 624 g/mol. The van der Waals surface area contributed by atoms with Crippen molar-refractivity contribution in [1.29, 1.82) is 0 Å². The lowest BCUT2D eigenvalue weighted by atomic mass is 9.77. The number of carbonyl (C=O) groups excluding carboxylic acids is 3. The molecule has 2 aromatic rings. The van der Waals surface area contributed by atoms with Gasteiger partial charge >= 0.3 is 0 Å². The van der Waals surface area contributed by atoms with Crippen LogP contribution >= 0.6 is 11.6 Å². The second-order valence-electron chi connectivity index (χ2n) is 12.6. The smallest absolute Gasteiger partial charge is 0.251 e. The van der Waals surface area contributed by atoms with Crippen LogP contribution in [0.2, 0.25) is 5.02 Å². The highest BCUT2D eigenvalue weighted by Gasteiger charge is 2.54. The summed E-state index contributed by atoms with van der Waals surface area (Å²) in [6.45, 7) is 4.78. The Morgan fingerprint density at radius 3 is 2.41 bits per heavy atom. The zero-order valence-corrected chi connectivity index (χ0v) is 26.6. The van der Waals surface area contributed by atoms with Gasteiger partial charge in [0, 0.05) is 45.2 Å². The molecule has 1 atom stereocenters. The van der Waals surface area contributed by atoms with Gasteiger partial charge in [-0.3, -0.25) is 19.3 Å². The van der Waals surface area contributed by atoms with E-state index in [1.165, 1.54) is 0 Å². The molecule has 0 radical (unpaired) electrons. The number of hydrogen-bond donors (Lipinski definition) is 3. The van der Waals surface area contributed by atoms with Gasteiger partial charge in [-0.25, -0.2) is 0 Å². The second-order valence-corrected chi connectivity index (χ2v) is 13.0. The summed E-state index contributed by atoms with van der Waals surface area (Å²) in [4.78, 5) is 43.6. The van der Waals surface area contributed by atoms with E-state index in [1.807, 2.05) is 29.2 Å². The molecular formula is C34H45ClN4O5. The fraction of sp³-hybridized carbons (Fsp3) is 0.559. The highest BCUT2D eigenvalue weighted by Crippen LogP contribution is 2.38. The van der Waals surface area contributed by atoms with Gasteiger partial charge in [-0.1, -0.05) is 56.3 Å². The van der Waals surface area contributed by atoms with E-state index in [4.69, 9.17) is 16.3 Å². The molecule has 0 unspecified atom stereocenters. The molecule has 0 aromatic heterocycles. The predicted octanol–water partition coefficient (Wildman–Crippen LogP) is 5.04. The molecule has 10 heteroatoms. The second kappa shape index (κ2) is 13.9. The van der Waals surface area contributed by atoms with E-state index in [-0.39, 0.29) is 17.7 Å². The van der Waals surface area contributed by atoms with Crippen molar-refractivity contribution in [3.63, 3.8) is 0 Å². The number of nitrogens with zero attached hydrogens (tertiary/aromatic N) is 2. The Bertz CT molecular complexity index is 1340. The minimum Gasteiger partial charge on any atom is -0.456 e. The molecule has 9 nitrogen and oxygen atoms in total. The van der Waals surface area contributed by atoms with E-state index in [0.29, 0.717) is 73.8 Å². The van der Waals surface area contributed by atoms with Crippen molar-refractivity contribution in [3.8, 4) is 11.5 Å². The zero-order valence-electron chi connectivity index (χ0n) is 25.9. The first-order chi connectivity index (χ1) is 21.2. The molecule has 44 heavy (non-hydrogen) atoms. The standard InChI is InChI=1S/C34H45ClN4O5/c1-3-4-18-39-31(41)28(22-33(43)14-6-5-7-15-33)37-32(42)34(39)16-19-38(20-17-34)23-24-8-11-26(12-9-24)44-29-13-10-25(21-27(29)35)30(40)36-2/h8-13,21,28,43H,3-7,14-20,22-23H2,1-2H3,(H,36,40)(H,37,42)/t28-/m1/s1. The molecule has 1 spiro atoms. The molecule has 2 aliphatic heterocycles. The lowest BCUT2D eigenvalue weighted by Gasteiger charge is -2.52. The average molecular weight is 625 g/mol. The van der Waals surface area contributed by atoms with Gasteiger partial charge in [0.25, 0.3) is 5.91 Å². The number of unbranched alkanes of at least 4 members (excludes halogenated alkanes) is 1. The first-order valence-corrected chi connectivity index (χ1v) is 16.4. The van der Waals surface area contributed by atoms with Crippen LogP contribution in [0.4, 0.5) is 0 Å². The molecule has 3 amide bonds. The van der Waals surface area contributed by atoms with Crippen LogP contribution in [-0.4, -0.2) is 76.5 Å². The molecule has 2 saturated heterocycles. The number of piperidine rings is 1. The van der Waals surface area contributed by atoms with Crippen molar-refractivity contribution >= 4 is 29.3 Å². The molecule has 3 fully saturated rings. The minimum absolute atomic E-state index is 0.0375. The van der Waals surface area contributed by atoms with E-state index in [0.717, 1.165) is 44.2 Å². The number of aliphatic hydroxyl groups is 1. The van der Waals surface area contributed by atoms with E-state index in [9.17, 15) is 19.5 Å². The summed E-state index contributed by atoms with van der Waals surface area (Å²) in [6.07, 6.45) is 7.66. The minimum atomic E-state index is -0.875. The Hall–Kier alpha value is -3.14. The summed E-state index contributed by atoms with van der Waals surface area (Å²) < 4.78 is 5.95. The van der Waals surface area contributed by atoms with Crippen LogP contribution < -0.4 is 15.4 Å². The molecule has 2 heterocycles. The number of benzene rings is 2. The number of carbonyl (C=O) groups is 3. The number of nitrogens with one attached hydrogen (secondary N) is 2. The molecule has 3 N–H and O–H groups in total. The van der Waals surface area contributed by atoms with E-state index >= 15 is 0 Å². The maximum absolute atomic E-state index is 13.8. The molecule has 0 bridgehead atoms. The van der Waals surface area contributed by atoms with Gasteiger partial charge in [-0.05, 0) is 68.0 Å². The number of hydrogen-bond acceptors (Lipinski definition) is 6.